The molecule has 0 bridgehead atoms. The first-order valence-electron chi connectivity index (χ1n) is 9.66. The molecule has 154 valence electrons. The number of alkyl halides is 2. The van der Waals surface area contributed by atoms with E-state index >= 15 is 0 Å². The third-order valence-electron chi connectivity index (χ3n) is 5.50. The second-order valence-corrected chi connectivity index (χ2v) is 7.28. The number of ether oxygens (including phenoxy) is 1. The van der Waals surface area contributed by atoms with Crippen LogP contribution in [0.4, 0.5) is 20.2 Å². The summed E-state index contributed by atoms with van der Waals surface area (Å²) in [6.45, 7) is 1.69. The van der Waals surface area contributed by atoms with E-state index in [0.717, 1.165) is 5.69 Å². The highest BCUT2D eigenvalue weighted by molar-refractivity contribution is 6.01. The number of carbonyl (C=O) groups excluding carboxylic acids is 1. The molecule has 2 fully saturated rings. The molecule has 0 aromatic heterocycles. The minimum atomic E-state index is -2.59. The summed E-state index contributed by atoms with van der Waals surface area (Å²) < 4.78 is 32.6. The van der Waals surface area contributed by atoms with E-state index < -0.39 is 12.5 Å². The molecule has 8 heteroatoms. The van der Waals surface area contributed by atoms with E-state index in [-0.39, 0.29) is 17.4 Å². The van der Waals surface area contributed by atoms with Crippen LogP contribution in [-0.4, -0.2) is 38.7 Å². The number of hydrazine groups is 1. The SMILES string of the molecule is COc1cccc(NC2CCN(c3ccc(C4CNNC4)c(C(F)F)c3)C2=O)c1. The summed E-state index contributed by atoms with van der Waals surface area (Å²) in [5.41, 5.74) is 7.87. The molecule has 29 heavy (non-hydrogen) atoms. The molecule has 2 saturated heterocycles. The molecular weight excluding hydrogens is 378 g/mol. The van der Waals surface area contributed by atoms with E-state index in [0.29, 0.717) is 43.1 Å². The van der Waals surface area contributed by atoms with E-state index in [1.807, 2.05) is 24.3 Å². The first kappa shape index (κ1) is 19.6. The van der Waals surface area contributed by atoms with Crippen molar-refractivity contribution in [3.63, 3.8) is 0 Å². The van der Waals surface area contributed by atoms with Crippen LogP contribution < -0.4 is 25.8 Å². The highest BCUT2D eigenvalue weighted by atomic mass is 19.3. The van der Waals surface area contributed by atoms with Gasteiger partial charge in [0.2, 0.25) is 5.91 Å². The van der Waals surface area contributed by atoms with Crippen molar-refractivity contribution in [2.75, 3.05) is 37.0 Å². The fourth-order valence-corrected chi connectivity index (χ4v) is 3.96. The highest BCUT2D eigenvalue weighted by Gasteiger charge is 2.33. The van der Waals surface area contributed by atoms with Gasteiger partial charge in [0.1, 0.15) is 11.8 Å². The average molecular weight is 402 g/mol. The van der Waals surface area contributed by atoms with Crippen molar-refractivity contribution in [1.82, 2.24) is 10.9 Å². The Hall–Kier alpha value is -2.71. The minimum Gasteiger partial charge on any atom is -0.497 e. The van der Waals surface area contributed by atoms with Gasteiger partial charge in [-0.1, -0.05) is 12.1 Å². The lowest BCUT2D eigenvalue weighted by molar-refractivity contribution is -0.117. The van der Waals surface area contributed by atoms with Gasteiger partial charge in [-0.05, 0) is 36.2 Å². The Labute approximate surface area is 168 Å². The van der Waals surface area contributed by atoms with Gasteiger partial charge in [-0.15, -0.1) is 0 Å². The van der Waals surface area contributed by atoms with Crippen LogP contribution in [-0.2, 0) is 4.79 Å². The third kappa shape index (κ3) is 4.04. The van der Waals surface area contributed by atoms with Crippen molar-refractivity contribution in [2.24, 2.45) is 0 Å². The summed E-state index contributed by atoms with van der Waals surface area (Å²) in [4.78, 5) is 14.5. The Kier molecular flexibility index (Phi) is 5.64. The predicted molar refractivity (Wildman–Crippen MR) is 108 cm³/mol. The lowest BCUT2D eigenvalue weighted by Gasteiger charge is -2.21. The van der Waals surface area contributed by atoms with E-state index in [4.69, 9.17) is 4.74 Å². The molecule has 2 aromatic rings. The highest BCUT2D eigenvalue weighted by Crippen LogP contribution is 2.34. The fraction of sp³-hybridized carbons (Fsp3) is 0.381. The van der Waals surface area contributed by atoms with Gasteiger partial charge in [0.05, 0.1) is 7.11 Å². The van der Waals surface area contributed by atoms with E-state index in [2.05, 4.69) is 16.2 Å². The van der Waals surface area contributed by atoms with Gasteiger partial charge in [-0.3, -0.25) is 15.6 Å². The number of rotatable bonds is 6. The lowest BCUT2D eigenvalue weighted by Crippen LogP contribution is -2.33. The number of carbonyl (C=O) groups is 1. The molecule has 1 atom stereocenters. The van der Waals surface area contributed by atoms with Gasteiger partial charge >= 0.3 is 0 Å². The number of nitrogens with zero attached hydrogens (tertiary/aromatic N) is 1. The number of hydrogen-bond donors (Lipinski definition) is 3. The van der Waals surface area contributed by atoms with Crippen molar-refractivity contribution >= 4 is 17.3 Å². The van der Waals surface area contributed by atoms with Crippen molar-refractivity contribution in [3.8, 4) is 5.75 Å². The molecule has 4 rings (SSSR count). The van der Waals surface area contributed by atoms with Crippen molar-refractivity contribution in [3.05, 3.63) is 53.6 Å². The summed E-state index contributed by atoms with van der Waals surface area (Å²) in [5, 5.41) is 3.22. The fourth-order valence-electron chi connectivity index (χ4n) is 3.96. The molecule has 1 amide bonds. The van der Waals surface area contributed by atoms with Gasteiger partial charge in [-0.25, -0.2) is 8.78 Å². The molecule has 0 spiro atoms. The topological polar surface area (TPSA) is 65.6 Å². The van der Waals surface area contributed by atoms with Gasteiger partial charge in [-0.2, -0.15) is 0 Å². The first-order valence-corrected chi connectivity index (χ1v) is 9.66. The lowest BCUT2D eigenvalue weighted by atomic mass is 9.94. The molecule has 2 heterocycles. The Morgan fingerprint density at radius 3 is 2.69 bits per heavy atom. The van der Waals surface area contributed by atoms with Gasteiger partial charge in [0.25, 0.3) is 6.43 Å². The van der Waals surface area contributed by atoms with Crippen LogP contribution >= 0.6 is 0 Å². The predicted octanol–water partition coefficient (Wildman–Crippen LogP) is 3.04. The molecule has 0 aliphatic carbocycles. The monoisotopic (exact) mass is 402 g/mol. The maximum Gasteiger partial charge on any atom is 0.264 e. The van der Waals surface area contributed by atoms with Gasteiger partial charge in [0.15, 0.2) is 0 Å². The second-order valence-electron chi connectivity index (χ2n) is 7.28. The van der Waals surface area contributed by atoms with Crippen LogP contribution in [0.5, 0.6) is 5.75 Å². The summed E-state index contributed by atoms with van der Waals surface area (Å²) in [7, 11) is 1.59. The molecule has 1 unspecified atom stereocenters. The quantitative estimate of drug-likeness (QED) is 0.693. The first-order chi connectivity index (χ1) is 14.1. The number of halogens is 2. The van der Waals surface area contributed by atoms with Crippen LogP contribution in [0.25, 0.3) is 0 Å². The Bertz CT molecular complexity index is 887. The van der Waals surface area contributed by atoms with Crippen LogP contribution in [0.3, 0.4) is 0 Å². The molecular formula is C21H24F2N4O2. The summed E-state index contributed by atoms with van der Waals surface area (Å²) >= 11 is 0. The Morgan fingerprint density at radius 1 is 1.17 bits per heavy atom. The summed E-state index contributed by atoms with van der Waals surface area (Å²) in [6, 6.07) is 11.9. The molecule has 2 aliphatic heterocycles. The summed E-state index contributed by atoms with van der Waals surface area (Å²) in [5.74, 6) is 0.570. The molecule has 0 saturated carbocycles. The van der Waals surface area contributed by atoms with Crippen molar-refractivity contribution < 1.29 is 18.3 Å². The molecule has 2 aliphatic rings. The number of methoxy groups -OCH3 is 1. The second kappa shape index (κ2) is 8.34. The van der Waals surface area contributed by atoms with Crippen LogP contribution in [0.1, 0.15) is 29.9 Å². The number of nitrogens with one attached hydrogen (secondary N) is 3. The van der Waals surface area contributed by atoms with Crippen LogP contribution in [0.15, 0.2) is 42.5 Å². The number of benzene rings is 2. The number of anilines is 2. The maximum atomic E-state index is 13.7. The molecule has 0 radical (unpaired) electrons. The minimum absolute atomic E-state index is 0.00463. The zero-order chi connectivity index (χ0) is 20.4. The summed E-state index contributed by atoms with van der Waals surface area (Å²) in [6.07, 6.45) is -1.99. The smallest absolute Gasteiger partial charge is 0.264 e. The Balaban J connectivity index is 1.52. The maximum absolute atomic E-state index is 13.7. The van der Waals surface area contributed by atoms with Gasteiger partial charge < -0.3 is 15.0 Å². The normalized spacial score (nSPS) is 19.9. The van der Waals surface area contributed by atoms with Crippen LogP contribution in [0.2, 0.25) is 0 Å². The molecule has 6 nitrogen and oxygen atoms in total. The number of amides is 1. The largest absolute Gasteiger partial charge is 0.497 e. The molecule has 3 N–H and O–H groups in total. The van der Waals surface area contributed by atoms with E-state index in [9.17, 15) is 13.6 Å². The molecule has 2 aromatic carbocycles. The van der Waals surface area contributed by atoms with Crippen molar-refractivity contribution in [1.29, 1.82) is 0 Å². The van der Waals surface area contributed by atoms with E-state index in [1.165, 1.54) is 6.07 Å². The van der Waals surface area contributed by atoms with Crippen molar-refractivity contribution in [2.45, 2.75) is 24.8 Å². The van der Waals surface area contributed by atoms with Gasteiger partial charge in [0, 0.05) is 48.6 Å². The standard InChI is InChI=1S/C21H24F2N4O2/c1-29-16-4-2-3-14(9-16)26-19-7-8-27(21(19)28)15-5-6-17(13-11-24-25-12-13)18(10-15)20(22)23/h2-6,9-10,13,19-20,24-26H,7-8,11-12H2,1H3. The van der Waals surface area contributed by atoms with Crippen LogP contribution in [0, 0.1) is 0 Å². The Morgan fingerprint density at radius 2 is 1.97 bits per heavy atom. The number of hydrogen-bond acceptors (Lipinski definition) is 5. The van der Waals surface area contributed by atoms with E-state index in [1.54, 1.807) is 24.1 Å². The zero-order valence-corrected chi connectivity index (χ0v) is 16.1. The average Bonchev–Trinajstić information content (AvgIpc) is 3.38. The zero-order valence-electron chi connectivity index (χ0n) is 16.1. The third-order valence-corrected chi connectivity index (χ3v) is 5.50.